The van der Waals surface area contributed by atoms with Crippen LogP contribution in [0.15, 0.2) is 0 Å². The van der Waals surface area contributed by atoms with Gasteiger partial charge in [0.25, 0.3) is 0 Å². The molecule has 0 saturated carbocycles. The van der Waals surface area contributed by atoms with Crippen LogP contribution in [-0.2, 0) is 4.79 Å². The van der Waals surface area contributed by atoms with Crippen molar-refractivity contribution in [3.8, 4) is 0 Å². The number of nitrogens with zero attached hydrogens (tertiary/aromatic N) is 1. The van der Waals surface area contributed by atoms with Gasteiger partial charge in [0.2, 0.25) is 0 Å². The lowest BCUT2D eigenvalue weighted by atomic mass is 9.98. The molecule has 0 bridgehead atoms. The standard InChI is InChI=1S/C12H24N2O2/c1-2-3-4-11(12(15)16)5-8-14-9-6-13-7-10-14/h11,13H,2-10H2,1H3,(H,15,16). The maximum Gasteiger partial charge on any atom is 0.306 e. The van der Waals surface area contributed by atoms with Crippen molar-refractivity contribution in [1.29, 1.82) is 0 Å². The Morgan fingerprint density at radius 3 is 2.62 bits per heavy atom. The maximum atomic E-state index is 11.0. The van der Waals surface area contributed by atoms with Crippen LogP contribution in [0.1, 0.15) is 32.6 Å². The van der Waals surface area contributed by atoms with Gasteiger partial charge in [0.1, 0.15) is 0 Å². The average Bonchev–Trinajstić information content (AvgIpc) is 2.30. The summed E-state index contributed by atoms with van der Waals surface area (Å²) in [6.45, 7) is 7.22. The number of aliphatic carboxylic acids is 1. The molecule has 0 amide bonds. The molecule has 0 aliphatic carbocycles. The molecule has 0 aromatic carbocycles. The number of hydrogen-bond acceptors (Lipinski definition) is 3. The molecule has 1 aliphatic rings. The lowest BCUT2D eigenvalue weighted by molar-refractivity contribution is -0.142. The SMILES string of the molecule is CCCCC(CCN1CCNCC1)C(=O)O. The zero-order valence-corrected chi connectivity index (χ0v) is 10.2. The van der Waals surface area contributed by atoms with Gasteiger partial charge in [-0.25, -0.2) is 0 Å². The molecule has 16 heavy (non-hydrogen) atoms. The van der Waals surface area contributed by atoms with Gasteiger partial charge < -0.3 is 15.3 Å². The molecule has 94 valence electrons. The normalized spacial score (nSPS) is 19.6. The van der Waals surface area contributed by atoms with Crippen molar-refractivity contribution >= 4 is 5.97 Å². The molecule has 4 heteroatoms. The Hall–Kier alpha value is -0.610. The second kappa shape index (κ2) is 7.63. The fourth-order valence-electron chi connectivity index (χ4n) is 2.11. The van der Waals surface area contributed by atoms with Gasteiger partial charge in [-0.05, 0) is 19.4 Å². The van der Waals surface area contributed by atoms with Gasteiger partial charge in [-0.3, -0.25) is 4.79 Å². The van der Waals surface area contributed by atoms with Crippen molar-refractivity contribution in [2.24, 2.45) is 5.92 Å². The van der Waals surface area contributed by atoms with E-state index in [4.69, 9.17) is 5.11 Å². The molecule has 0 aromatic rings. The Bertz CT molecular complexity index is 203. The number of carboxylic acid groups (broad SMARTS) is 1. The Morgan fingerprint density at radius 2 is 2.06 bits per heavy atom. The Morgan fingerprint density at radius 1 is 1.38 bits per heavy atom. The highest BCUT2D eigenvalue weighted by Gasteiger charge is 2.18. The number of rotatable bonds is 7. The zero-order chi connectivity index (χ0) is 11.8. The molecule has 1 unspecified atom stereocenters. The van der Waals surface area contributed by atoms with E-state index in [1.54, 1.807) is 0 Å². The Kier molecular flexibility index (Phi) is 6.42. The van der Waals surface area contributed by atoms with Crippen LogP contribution < -0.4 is 5.32 Å². The molecular formula is C12H24N2O2. The van der Waals surface area contributed by atoms with Gasteiger partial charge in [-0.2, -0.15) is 0 Å². The van der Waals surface area contributed by atoms with E-state index in [1.165, 1.54) is 0 Å². The molecule has 0 spiro atoms. The van der Waals surface area contributed by atoms with Gasteiger partial charge in [-0.1, -0.05) is 19.8 Å². The lowest BCUT2D eigenvalue weighted by Gasteiger charge is -2.28. The first-order valence-corrected chi connectivity index (χ1v) is 6.40. The van der Waals surface area contributed by atoms with Gasteiger partial charge in [0.15, 0.2) is 0 Å². The van der Waals surface area contributed by atoms with Gasteiger partial charge in [0, 0.05) is 26.2 Å². The third kappa shape index (κ3) is 4.94. The number of unbranched alkanes of at least 4 members (excludes halogenated alkanes) is 1. The molecule has 1 atom stereocenters. The van der Waals surface area contributed by atoms with Crippen LogP contribution in [0.5, 0.6) is 0 Å². The fourth-order valence-corrected chi connectivity index (χ4v) is 2.11. The Balaban J connectivity index is 2.22. The molecule has 1 heterocycles. The van der Waals surface area contributed by atoms with E-state index in [0.29, 0.717) is 0 Å². The number of carboxylic acids is 1. The third-order valence-electron chi connectivity index (χ3n) is 3.26. The highest BCUT2D eigenvalue weighted by atomic mass is 16.4. The van der Waals surface area contributed by atoms with Crippen molar-refractivity contribution in [3.63, 3.8) is 0 Å². The van der Waals surface area contributed by atoms with Crippen molar-refractivity contribution < 1.29 is 9.90 Å². The van der Waals surface area contributed by atoms with E-state index >= 15 is 0 Å². The zero-order valence-electron chi connectivity index (χ0n) is 10.2. The molecule has 1 fully saturated rings. The average molecular weight is 228 g/mol. The van der Waals surface area contributed by atoms with Gasteiger partial charge in [0.05, 0.1) is 5.92 Å². The summed E-state index contributed by atoms with van der Waals surface area (Å²) in [7, 11) is 0. The van der Waals surface area contributed by atoms with Gasteiger partial charge >= 0.3 is 5.97 Å². The summed E-state index contributed by atoms with van der Waals surface area (Å²) in [5.74, 6) is -0.765. The van der Waals surface area contributed by atoms with Crippen LogP contribution in [0.4, 0.5) is 0 Å². The second-order valence-corrected chi connectivity index (χ2v) is 4.56. The van der Waals surface area contributed by atoms with E-state index in [0.717, 1.165) is 58.4 Å². The predicted molar refractivity (Wildman–Crippen MR) is 64.6 cm³/mol. The van der Waals surface area contributed by atoms with Crippen LogP contribution in [-0.4, -0.2) is 48.7 Å². The molecular weight excluding hydrogens is 204 g/mol. The summed E-state index contributed by atoms with van der Waals surface area (Å²) in [6, 6.07) is 0. The summed E-state index contributed by atoms with van der Waals surface area (Å²) < 4.78 is 0. The van der Waals surface area contributed by atoms with Crippen LogP contribution in [0.2, 0.25) is 0 Å². The summed E-state index contributed by atoms with van der Waals surface area (Å²) in [5, 5.41) is 12.4. The highest BCUT2D eigenvalue weighted by molar-refractivity contribution is 5.69. The first-order valence-electron chi connectivity index (χ1n) is 6.40. The molecule has 2 N–H and O–H groups in total. The third-order valence-corrected chi connectivity index (χ3v) is 3.26. The molecule has 0 radical (unpaired) electrons. The second-order valence-electron chi connectivity index (χ2n) is 4.56. The minimum absolute atomic E-state index is 0.144. The largest absolute Gasteiger partial charge is 0.481 e. The number of carbonyl (C=O) groups is 1. The topological polar surface area (TPSA) is 52.6 Å². The van der Waals surface area contributed by atoms with E-state index in [9.17, 15) is 4.79 Å². The van der Waals surface area contributed by atoms with E-state index < -0.39 is 5.97 Å². The maximum absolute atomic E-state index is 11.0. The number of hydrogen-bond donors (Lipinski definition) is 2. The number of piperazine rings is 1. The summed E-state index contributed by atoms with van der Waals surface area (Å²) >= 11 is 0. The van der Waals surface area contributed by atoms with Crippen molar-refractivity contribution in [2.75, 3.05) is 32.7 Å². The predicted octanol–water partition coefficient (Wildman–Crippen LogP) is 1.17. The molecule has 1 saturated heterocycles. The summed E-state index contributed by atoms with van der Waals surface area (Å²) in [4.78, 5) is 13.4. The van der Waals surface area contributed by atoms with Crippen LogP contribution in [0.3, 0.4) is 0 Å². The van der Waals surface area contributed by atoms with Crippen molar-refractivity contribution in [2.45, 2.75) is 32.6 Å². The number of nitrogens with one attached hydrogen (secondary N) is 1. The monoisotopic (exact) mass is 228 g/mol. The van der Waals surface area contributed by atoms with E-state index in [2.05, 4.69) is 17.1 Å². The van der Waals surface area contributed by atoms with Crippen LogP contribution in [0, 0.1) is 5.92 Å². The minimum Gasteiger partial charge on any atom is -0.481 e. The van der Waals surface area contributed by atoms with Crippen LogP contribution in [0.25, 0.3) is 0 Å². The fraction of sp³-hybridized carbons (Fsp3) is 0.917. The quantitative estimate of drug-likeness (QED) is 0.687. The van der Waals surface area contributed by atoms with Gasteiger partial charge in [-0.15, -0.1) is 0 Å². The first-order chi connectivity index (χ1) is 7.74. The smallest absolute Gasteiger partial charge is 0.306 e. The first kappa shape index (κ1) is 13.5. The van der Waals surface area contributed by atoms with Crippen molar-refractivity contribution in [3.05, 3.63) is 0 Å². The van der Waals surface area contributed by atoms with Crippen molar-refractivity contribution in [1.82, 2.24) is 10.2 Å². The molecule has 1 aliphatic heterocycles. The lowest BCUT2D eigenvalue weighted by Crippen LogP contribution is -2.44. The Labute approximate surface area is 98.0 Å². The summed E-state index contributed by atoms with van der Waals surface area (Å²) in [5.41, 5.74) is 0. The summed E-state index contributed by atoms with van der Waals surface area (Å²) in [6.07, 6.45) is 3.74. The molecule has 0 aromatic heterocycles. The van der Waals surface area contributed by atoms with E-state index in [1.807, 2.05) is 0 Å². The molecule has 4 nitrogen and oxygen atoms in total. The minimum atomic E-state index is -0.622. The highest BCUT2D eigenvalue weighted by Crippen LogP contribution is 2.14. The van der Waals surface area contributed by atoms with E-state index in [-0.39, 0.29) is 5.92 Å². The van der Waals surface area contributed by atoms with Crippen LogP contribution >= 0.6 is 0 Å². The molecule has 1 rings (SSSR count).